The summed E-state index contributed by atoms with van der Waals surface area (Å²) < 4.78 is 18.3. The van der Waals surface area contributed by atoms with Gasteiger partial charge in [0.25, 0.3) is 5.91 Å². The van der Waals surface area contributed by atoms with E-state index in [-0.39, 0.29) is 24.1 Å². The number of hydrogen-bond donors (Lipinski definition) is 1. The van der Waals surface area contributed by atoms with E-state index in [1.807, 2.05) is 6.07 Å². The summed E-state index contributed by atoms with van der Waals surface area (Å²) >= 11 is 14.1. The highest BCUT2D eigenvalue weighted by Gasteiger charge is 2.42. The minimum atomic E-state index is -0.510. The van der Waals surface area contributed by atoms with E-state index in [9.17, 15) is 14.4 Å². The molecular formula is C28H24Cl2INO6. The first-order valence-electron chi connectivity index (χ1n) is 12.2. The van der Waals surface area contributed by atoms with Crippen molar-refractivity contribution in [2.45, 2.75) is 44.4 Å². The number of ketones is 2. The third kappa shape index (κ3) is 5.31. The zero-order chi connectivity index (χ0) is 27.0. The van der Waals surface area contributed by atoms with Gasteiger partial charge in [-0.15, -0.1) is 0 Å². The predicted molar refractivity (Wildman–Crippen MR) is 152 cm³/mol. The smallest absolute Gasteiger partial charge is 0.262 e. The highest BCUT2D eigenvalue weighted by molar-refractivity contribution is 14.1. The fourth-order valence-electron chi connectivity index (χ4n) is 5.11. The molecule has 2 aliphatic carbocycles. The summed E-state index contributed by atoms with van der Waals surface area (Å²) in [6, 6.07) is 8.45. The summed E-state index contributed by atoms with van der Waals surface area (Å²) in [5.74, 6) is 1.26. The molecule has 1 heterocycles. The quantitative estimate of drug-likeness (QED) is 0.343. The van der Waals surface area contributed by atoms with Crippen molar-refractivity contribution in [3.63, 3.8) is 0 Å². The van der Waals surface area contributed by atoms with E-state index in [0.29, 0.717) is 79.1 Å². The monoisotopic (exact) mass is 667 g/mol. The largest absolute Gasteiger partial charge is 0.493 e. The van der Waals surface area contributed by atoms with Gasteiger partial charge in [-0.1, -0.05) is 23.2 Å². The van der Waals surface area contributed by atoms with Crippen LogP contribution in [0.15, 0.2) is 53.0 Å². The summed E-state index contributed by atoms with van der Waals surface area (Å²) in [4.78, 5) is 38.7. The van der Waals surface area contributed by atoms with Crippen molar-refractivity contribution in [1.29, 1.82) is 0 Å². The molecule has 3 aliphatic rings. The van der Waals surface area contributed by atoms with Crippen LogP contribution in [-0.2, 0) is 19.1 Å². The lowest BCUT2D eigenvalue weighted by atomic mass is 9.73. The van der Waals surface area contributed by atoms with Crippen LogP contribution >= 0.6 is 45.8 Å². The molecule has 0 radical (unpaired) electrons. The van der Waals surface area contributed by atoms with Gasteiger partial charge >= 0.3 is 0 Å². The van der Waals surface area contributed by atoms with E-state index in [1.165, 1.54) is 7.11 Å². The number of amides is 1. The van der Waals surface area contributed by atoms with Gasteiger partial charge in [0.05, 0.1) is 20.7 Å². The normalized spacial score (nSPS) is 17.6. The van der Waals surface area contributed by atoms with E-state index < -0.39 is 5.92 Å². The molecule has 2 aromatic rings. The molecule has 0 saturated carbocycles. The maximum atomic E-state index is 13.1. The van der Waals surface area contributed by atoms with Crippen LogP contribution in [-0.4, -0.2) is 31.2 Å². The molecule has 1 aliphatic heterocycles. The van der Waals surface area contributed by atoms with Crippen molar-refractivity contribution in [3.8, 4) is 11.5 Å². The molecule has 198 valence electrons. The van der Waals surface area contributed by atoms with Gasteiger partial charge in [0.1, 0.15) is 11.5 Å². The second-order valence-corrected chi connectivity index (χ2v) is 11.2. The van der Waals surface area contributed by atoms with Gasteiger partial charge in [0, 0.05) is 48.4 Å². The molecule has 38 heavy (non-hydrogen) atoms. The van der Waals surface area contributed by atoms with Gasteiger partial charge in [-0.3, -0.25) is 14.4 Å². The number of carbonyl (C=O) groups is 3. The number of anilines is 1. The van der Waals surface area contributed by atoms with Crippen molar-refractivity contribution in [1.82, 2.24) is 0 Å². The van der Waals surface area contributed by atoms with E-state index >= 15 is 0 Å². The summed E-state index contributed by atoms with van der Waals surface area (Å²) in [5, 5.41) is 3.44. The Morgan fingerprint density at radius 1 is 1.00 bits per heavy atom. The molecule has 1 amide bonds. The van der Waals surface area contributed by atoms with Crippen molar-refractivity contribution in [2.24, 2.45) is 0 Å². The highest BCUT2D eigenvalue weighted by atomic mass is 127. The van der Waals surface area contributed by atoms with Crippen LogP contribution < -0.4 is 14.8 Å². The van der Waals surface area contributed by atoms with Gasteiger partial charge in [-0.2, -0.15) is 0 Å². The second kappa shape index (κ2) is 11.3. The number of benzene rings is 2. The van der Waals surface area contributed by atoms with Crippen molar-refractivity contribution in [2.75, 3.05) is 19.0 Å². The molecule has 10 heteroatoms. The average molecular weight is 668 g/mol. The fraction of sp³-hybridized carbons (Fsp3) is 0.321. The zero-order valence-corrected chi connectivity index (χ0v) is 24.2. The van der Waals surface area contributed by atoms with Crippen molar-refractivity contribution >= 4 is 69.0 Å². The maximum Gasteiger partial charge on any atom is 0.262 e. The Morgan fingerprint density at radius 2 is 1.66 bits per heavy atom. The van der Waals surface area contributed by atoms with E-state index in [2.05, 4.69) is 27.9 Å². The minimum Gasteiger partial charge on any atom is -0.493 e. The van der Waals surface area contributed by atoms with Gasteiger partial charge in [0.15, 0.2) is 29.7 Å². The highest BCUT2D eigenvalue weighted by Crippen LogP contribution is 2.49. The van der Waals surface area contributed by atoms with Gasteiger partial charge in [-0.05, 0) is 71.3 Å². The van der Waals surface area contributed by atoms with Crippen LogP contribution in [0.1, 0.15) is 50.0 Å². The maximum absolute atomic E-state index is 13.1. The Labute approximate surface area is 243 Å². The fourth-order valence-corrected chi connectivity index (χ4v) is 6.19. The lowest BCUT2D eigenvalue weighted by molar-refractivity contribution is -0.119. The summed E-state index contributed by atoms with van der Waals surface area (Å²) in [5.41, 5.74) is 2.38. The zero-order valence-electron chi connectivity index (χ0n) is 20.5. The molecule has 0 fully saturated rings. The number of hydrogen-bond acceptors (Lipinski definition) is 6. The van der Waals surface area contributed by atoms with Crippen LogP contribution in [0.2, 0.25) is 10.0 Å². The Bertz CT molecular complexity index is 1370. The first kappa shape index (κ1) is 27.0. The first-order chi connectivity index (χ1) is 18.3. The van der Waals surface area contributed by atoms with Gasteiger partial charge in [0.2, 0.25) is 0 Å². The molecule has 1 N–H and O–H groups in total. The first-order valence-corrected chi connectivity index (χ1v) is 14.1. The molecule has 0 atom stereocenters. The Morgan fingerprint density at radius 3 is 2.26 bits per heavy atom. The SMILES string of the molecule is COc1cc(C2C3=C(CCCC3=O)OC3=C2C(=O)CCC3)cc(I)c1OCC(=O)Nc1ccc(Cl)c(Cl)c1. The van der Waals surface area contributed by atoms with Gasteiger partial charge < -0.3 is 19.5 Å². The molecule has 0 unspecified atom stereocenters. The molecular weight excluding hydrogens is 644 g/mol. The Balaban J connectivity index is 1.44. The standard InChI is InChI=1S/C28H24Cl2INO6/c1-36-23-11-14(10-18(31)28(23)37-13-24(35)32-15-8-9-16(29)17(30)12-15)25-26-19(33)4-2-6-21(26)38-22-7-3-5-20(34)27(22)25/h8-12,25H,2-7,13H2,1H3,(H,32,35). The molecule has 7 nitrogen and oxygen atoms in total. The van der Waals surface area contributed by atoms with E-state index in [0.717, 1.165) is 18.4 Å². The average Bonchev–Trinajstić information content (AvgIpc) is 2.89. The van der Waals surface area contributed by atoms with Crippen LogP contribution in [0.3, 0.4) is 0 Å². The lowest BCUT2D eigenvalue weighted by Crippen LogP contribution is -2.30. The van der Waals surface area contributed by atoms with E-state index in [1.54, 1.807) is 24.3 Å². The van der Waals surface area contributed by atoms with Gasteiger partial charge in [-0.25, -0.2) is 0 Å². The Kier molecular flexibility index (Phi) is 8.02. The van der Waals surface area contributed by atoms with Crippen LogP contribution in [0.5, 0.6) is 11.5 Å². The predicted octanol–water partition coefficient (Wildman–Crippen LogP) is 6.75. The molecule has 2 aromatic carbocycles. The number of ether oxygens (including phenoxy) is 3. The number of halogens is 3. The van der Waals surface area contributed by atoms with Crippen LogP contribution in [0.4, 0.5) is 5.69 Å². The van der Waals surface area contributed by atoms with Crippen LogP contribution in [0, 0.1) is 3.57 Å². The summed E-state index contributed by atoms with van der Waals surface area (Å²) in [6.07, 6.45) is 3.67. The second-order valence-electron chi connectivity index (χ2n) is 9.26. The molecule has 5 rings (SSSR count). The molecule has 0 aromatic heterocycles. The topological polar surface area (TPSA) is 90.9 Å². The number of rotatable bonds is 6. The lowest BCUT2D eigenvalue weighted by Gasteiger charge is -2.36. The number of nitrogens with one attached hydrogen (secondary N) is 1. The summed E-state index contributed by atoms with van der Waals surface area (Å²) in [6.45, 7) is -0.273. The van der Waals surface area contributed by atoms with Crippen molar-refractivity contribution in [3.05, 3.63) is 72.2 Å². The number of carbonyl (C=O) groups excluding carboxylic acids is 3. The number of Topliss-reactive ketones (excluding diaryl/α,β-unsaturated/α-hetero) is 2. The number of allylic oxidation sites excluding steroid dienone is 4. The Hall–Kier alpha value is -2.56. The van der Waals surface area contributed by atoms with Crippen molar-refractivity contribution < 1.29 is 28.6 Å². The molecule has 0 saturated heterocycles. The summed E-state index contributed by atoms with van der Waals surface area (Å²) in [7, 11) is 1.51. The molecule has 0 bridgehead atoms. The van der Waals surface area contributed by atoms with E-state index in [4.69, 9.17) is 37.4 Å². The third-order valence-electron chi connectivity index (χ3n) is 6.78. The van der Waals surface area contributed by atoms with Crippen LogP contribution in [0.25, 0.3) is 0 Å². The third-order valence-corrected chi connectivity index (χ3v) is 8.32. The minimum absolute atomic E-state index is 0.00875. The molecule has 0 spiro atoms. The number of methoxy groups -OCH3 is 1.